The number of nitrogens with one attached hydrogen (secondary N) is 2. The quantitative estimate of drug-likeness (QED) is 0.302. The predicted octanol–water partition coefficient (Wildman–Crippen LogP) is 8.09. The van der Waals surface area contributed by atoms with Gasteiger partial charge in [-0.25, -0.2) is 0 Å². The Morgan fingerprint density at radius 3 is 2.14 bits per heavy atom. The van der Waals surface area contributed by atoms with Crippen molar-refractivity contribution in [3.63, 3.8) is 0 Å². The van der Waals surface area contributed by atoms with Crippen LogP contribution in [-0.2, 0) is 0 Å². The van der Waals surface area contributed by atoms with Gasteiger partial charge < -0.3 is 9.97 Å². The molecule has 2 nitrogen and oxygen atoms in total. The molecule has 0 fully saturated rings. The summed E-state index contributed by atoms with van der Waals surface area (Å²) in [4.78, 5) is 12.4. The summed E-state index contributed by atoms with van der Waals surface area (Å²) in [5.41, 5.74) is 5.84. The van der Waals surface area contributed by atoms with E-state index in [0.717, 1.165) is 11.2 Å². The average molecular weight is 411 g/mol. The number of hydrogen-bond donors (Lipinski definition) is 2. The van der Waals surface area contributed by atoms with Crippen LogP contribution < -0.4 is 0 Å². The molecule has 0 saturated heterocycles. The molecule has 0 aliphatic carbocycles. The molecule has 0 spiro atoms. The standard InChI is InChI=1S/C25H18N2S2/c1-3-7-18-14(4-2)16-10-22-24(12-20(16)26-18)29-23-11-17-15-8-5-6-9-19(15)27-21(17)13-25(23)28-22/h3-13,26-27H,2H2,1H3/b7-3-. The van der Waals surface area contributed by atoms with E-state index in [1.807, 2.05) is 36.5 Å². The highest BCUT2D eigenvalue weighted by molar-refractivity contribution is 8.05. The summed E-state index contributed by atoms with van der Waals surface area (Å²) in [6.07, 6.45) is 6.12. The number of H-pyrrole nitrogens is 2. The number of hydrogen-bond acceptors (Lipinski definition) is 2. The smallest absolute Gasteiger partial charge is 0.0477 e. The Balaban J connectivity index is 1.53. The molecule has 2 aromatic heterocycles. The molecule has 3 aromatic carbocycles. The molecule has 0 saturated carbocycles. The first-order valence-electron chi connectivity index (χ1n) is 9.60. The molecule has 0 atom stereocenters. The minimum absolute atomic E-state index is 1.12. The molecule has 29 heavy (non-hydrogen) atoms. The molecule has 0 unspecified atom stereocenters. The van der Waals surface area contributed by atoms with Crippen LogP contribution in [0.4, 0.5) is 0 Å². The van der Waals surface area contributed by atoms with Crippen LogP contribution in [0.2, 0.25) is 0 Å². The molecule has 1 aliphatic rings. The zero-order valence-corrected chi connectivity index (χ0v) is 17.5. The molecular formula is C25H18N2S2. The summed E-state index contributed by atoms with van der Waals surface area (Å²) in [6.45, 7) is 6.07. The van der Waals surface area contributed by atoms with Crippen molar-refractivity contribution in [2.75, 3.05) is 0 Å². The largest absolute Gasteiger partial charge is 0.354 e. The van der Waals surface area contributed by atoms with Crippen molar-refractivity contribution in [2.45, 2.75) is 26.5 Å². The lowest BCUT2D eigenvalue weighted by Gasteiger charge is -2.18. The second kappa shape index (κ2) is 6.34. The van der Waals surface area contributed by atoms with Crippen molar-refractivity contribution in [3.8, 4) is 0 Å². The van der Waals surface area contributed by atoms with E-state index in [1.54, 1.807) is 0 Å². The zero-order valence-electron chi connectivity index (χ0n) is 15.9. The minimum Gasteiger partial charge on any atom is -0.354 e. The second-order valence-electron chi connectivity index (χ2n) is 7.22. The Morgan fingerprint density at radius 2 is 1.41 bits per heavy atom. The SMILES string of the molecule is C=Cc1c(/C=C\C)[nH]c2cc3c(cc12)Sc1cc2[nH]c4ccccc4c2cc1S3. The van der Waals surface area contributed by atoms with Gasteiger partial charge in [0.05, 0.1) is 0 Å². The van der Waals surface area contributed by atoms with E-state index in [9.17, 15) is 0 Å². The summed E-state index contributed by atoms with van der Waals surface area (Å²) < 4.78 is 0. The number of rotatable bonds is 2. The van der Waals surface area contributed by atoms with Crippen molar-refractivity contribution in [1.29, 1.82) is 0 Å². The third-order valence-electron chi connectivity index (χ3n) is 5.48. The number of fused-ring (bicyclic) bond motifs is 6. The number of allylic oxidation sites excluding steroid dienone is 1. The first-order chi connectivity index (χ1) is 14.2. The molecule has 6 rings (SSSR count). The van der Waals surface area contributed by atoms with Crippen molar-refractivity contribution >= 4 is 68.4 Å². The third kappa shape index (κ3) is 2.53. The fourth-order valence-electron chi connectivity index (χ4n) is 4.18. The van der Waals surface area contributed by atoms with Gasteiger partial charge in [-0.3, -0.25) is 0 Å². The predicted molar refractivity (Wildman–Crippen MR) is 127 cm³/mol. The molecule has 5 aromatic rings. The van der Waals surface area contributed by atoms with Crippen molar-refractivity contribution in [2.24, 2.45) is 0 Å². The van der Waals surface area contributed by atoms with Crippen LogP contribution in [0, 0.1) is 0 Å². The van der Waals surface area contributed by atoms with E-state index in [2.05, 4.69) is 77.2 Å². The Kier molecular flexibility index (Phi) is 3.73. The Labute approximate surface area is 177 Å². The first kappa shape index (κ1) is 17.1. The van der Waals surface area contributed by atoms with Crippen molar-refractivity contribution in [3.05, 3.63) is 72.4 Å². The van der Waals surface area contributed by atoms with Crippen LogP contribution in [0.25, 0.3) is 44.9 Å². The molecule has 2 N–H and O–H groups in total. The number of aromatic nitrogens is 2. The minimum atomic E-state index is 1.12. The molecule has 3 heterocycles. The Morgan fingerprint density at radius 1 is 0.759 bits per heavy atom. The first-order valence-corrected chi connectivity index (χ1v) is 11.2. The maximum atomic E-state index is 4.03. The van der Waals surface area contributed by atoms with E-state index in [1.165, 1.54) is 52.3 Å². The fraction of sp³-hybridized carbons (Fsp3) is 0.0400. The van der Waals surface area contributed by atoms with Gasteiger partial charge in [0.15, 0.2) is 0 Å². The maximum absolute atomic E-state index is 4.03. The van der Waals surface area contributed by atoms with Crippen LogP contribution >= 0.6 is 23.5 Å². The maximum Gasteiger partial charge on any atom is 0.0477 e. The Bertz CT molecular complexity index is 1480. The van der Waals surface area contributed by atoms with Gasteiger partial charge in [-0.05, 0) is 43.3 Å². The summed E-state index contributed by atoms with van der Waals surface area (Å²) in [7, 11) is 0. The van der Waals surface area contributed by atoms with E-state index in [4.69, 9.17) is 0 Å². The lowest BCUT2D eigenvalue weighted by molar-refractivity contribution is 1.18. The fourth-order valence-corrected chi connectivity index (χ4v) is 6.49. The molecule has 1 aliphatic heterocycles. The van der Waals surface area contributed by atoms with E-state index in [-0.39, 0.29) is 0 Å². The van der Waals surface area contributed by atoms with Crippen LogP contribution in [0.5, 0.6) is 0 Å². The van der Waals surface area contributed by atoms with Gasteiger partial charge in [0.2, 0.25) is 0 Å². The van der Waals surface area contributed by atoms with E-state index >= 15 is 0 Å². The topological polar surface area (TPSA) is 31.6 Å². The highest BCUT2D eigenvalue weighted by Crippen LogP contribution is 2.51. The molecule has 0 bridgehead atoms. The number of aromatic amines is 2. The van der Waals surface area contributed by atoms with Crippen molar-refractivity contribution in [1.82, 2.24) is 9.97 Å². The van der Waals surface area contributed by atoms with Gasteiger partial charge in [-0.2, -0.15) is 0 Å². The van der Waals surface area contributed by atoms with Gasteiger partial charge >= 0.3 is 0 Å². The van der Waals surface area contributed by atoms with Gasteiger partial charge in [0.25, 0.3) is 0 Å². The van der Waals surface area contributed by atoms with Crippen LogP contribution in [0.3, 0.4) is 0 Å². The second-order valence-corrected chi connectivity index (χ2v) is 9.39. The molecular weight excluding hydrogens is 392 g/mol. The summed E-state index contributed by atoms with van der Waals surface area (Å²) >= 11 is 3.72. The lowest BCUT2D eigenvalue weighted by atomic mass is 10.1. The average Bonchev–Trinajstić information content (AvgIpc) is 3.25. The van der Waals surface area contributed by atoms with Crippen LogP contribution in [-0.4, -0.2) is 9.97 Å². The third-order valence-corrected chi connectivity index (χ3v) is 7.97. The summed E-state index contributed by atoms with van der Waals surface area (Å²) in [6, 6.07) is 17.7. The normalized spacial score (nSPS) is 13.4. The van der Waals surface area contributed by atoms with E-state index < -0.39 is 0 Å². The lowest BCUT2D eigenvalue weighted by Crippen LogP contribution is -1.90. The van der Waals surface area contributed by atoms with Crippen LogP contribution in [0.1, 0.15) is 18.2 Å². The highest BCUT2D eigenvalue weighted by Gasteiger charge is 2.21. The van der Waals surface area contributed by atoms with Gasteiger partial charge in [0.1, 0.15) is 0 Å². The van der Waals surface area contributed by atoms with Crippen LogP contribution in [0.15, 0.2) is 80.8 Å². The summed E-state index contributed by atoms with van der Waals surface area (Å²) in [5, 5.41) is 3.81. The molecule has 0 radical (unpaired) electrons. The highest BCUT2D eigenvalue weighted by atomic mass is 32.2. The molecule has 4 heteroatoms. The number of para-hydroxylation sites is 1. The summed E-state index contributed by atoms with van der Waals surface area (Å²) in [5.74, 6) is 0. The van der Waals surface area contributed by atoms with Gasteiger partial charge in [0, 0.05) is 63.5 Å². The van der Waals surface area contributed by atoms with E-state index in [0.29, 0.717) is 0 Å². The number of benzene rings is 3. The van der Waals surface area contributed by atoms with Gasteiger partial charge in [-0.1, -0.05) is 60.5 Å². The molecule has 0 amide bonds. The molecule has 140 valence electrons. The van der Waals surface area contributed by atoms with Crippen molar-refractivity contribution < 1.29 is 0 Å². The zero-order chi connectivity index (χ0) is 19.5. The Hall–Kier alpha value is -2.82. The monoisotopic (exact) mass is 410 g/mol. The van der Waals surface area contributed by atoms with Gasteiger partial charge in [-0.15, -0.1) is 0 Å².